The van der Waals surface area contributed by atoms with Gasteiger partial charge in [0, 0.05) is 11.6 Å². The topological polar surface area (TPSA) is 95.1 Å². The normalized spacial score (nSPS) is 11.3. The Morgan fingerprint density at radius 3 is 2.53 bits per heavy atom. The van der Waals surface area contributed by atoms with E-state index in [9.17, 15) is 4.79 Å². The van der Waals surface area contributed by atoms with Crippen molar-refractivity contribution in [2.24, 2.45) is 0 Å². The Kier molecular flexibility index (Phi) is 5.95. The highest BCUT2D eigenvalue weighted by molar-refractivity contribution is 6.18. The van der Waals surface area contributed by atoms with Crippen molar-refractivity contribution in [1.29, 1.82) is 0 Å². The van der Waals surface area contributed by atoms with Gasteiger partial charge in [0.2, 0.25) is 0 Å². The molecule has 2 heterocycles. The van der Waals surface area contributed by atoms with Gasteiger partial charge in [0.15, 0.2) is 5.82 Å². The van der Waals surface area contributed by atoms with Gasteiger partial charge in [-0.2, -0.15) is 4.68 Å². The second-order valence-corrected chi connectivity index (χ2v) is 6.24. The molecule has 4 aromatic rings. The highest BCUT2D eigenvalue weighted by atomic mass is 16.5. The second kappa shape index (κ2) is 9.33. The number of nitrogens with one attached hydrogen (secondary N) is 1. The molecule has 0 unspecified atom stereocenters. The fourth-order valence-electron chi connectivity index (χ4n) is 2.79. The number of amides is 1. The number of para-hydroxylation sites is 1. The van der Waals surface area contributed by atoms with Gasteiger partial charge < -0.3 is 14.5 Å². The molecule has 4 rings (SSSR count). The lowest BCUT2D eigenvalue weighted by molar-refractivity contribution is -0.116. The van der Waals surface area contributed by atoms with Crippen LogP contribution >= 0.6 is 0 Å². The Morgan fingerprint density at radius 2 is 1.80 bits per heavy atom. The quantitative estimate of drug-likeness (QED) is 0.360. The van der Waals surface area contributed by atoms with Crippen molar-refractivity contribution in [2.75, 3.05) is 13.2 Å². The number of carbonyl (C=O) groups excluding carboxylic acids is 1. The van der Waals surface area contributed by atoms with Gasteiger partial charge in [-0.15, -0.1) is 5.10 Å². The van der Waals surface area contributed by atoms with Gasteiger partial charge in [-0.3, -0.25) is 4.79 Å². The van der Waals surface area contributed by atoms with Crippen LogP contribution in [0, 0.1) is 0 Å². The van der Waals surface area contributed by atoms with E-state index in [1.807, 2.05) is 60.7 Å². The van der Waals surface area contributed by atoms with Gasteiger partial charge in [-0.05, 0) is 34.7 Å². The lowest BCUT2D eigenvalue weighted by atomic mass is 10.2. The van der Waals surface area contributed by atoms with Crippen molar-refractivity contribution in [3.05, 3.63) is 84.8 Å². The van der Waals surface area contributed by atoms with E-state index in [0.717, 1.165) is 11.3 Å². The van der Waals surface area contributed by atoms with Gasteiger partial charge in [0.05, 0.1) is 12.8 Å². The molecule has 0 aliphatic rings. The molecule has 0 aliphatic heterocycles. The van der Waals surface area contributed by atoms with E-state index in [2.05, 4.69) is 20.8 Å². The average molecular weight is 401 g/mol. The molecular weight excluding hydrogens is 382 g/mol. The van der Waals surface area contributed by atoms with Gasteiger partial charge in [0.1, 0.15) is 23.8 Å². The number of ether oxygens (including phenoxy) is 1. The van der Waals surface area contributed by atoms with E-state index < -0.39 is 0 Å². The fourth-order valence-corrected chi connectivity index (χ4v) is 2.79. The number of furan rings is 1. The summed E-state index contributed by atoms with van der Waals surface area (Å²) in [6.07, 6.45) is 3.13. The minimum atomic E-state index is -0.354. The first-order valence-electron chi connectivity index (χ1n) is 9.37. The monoisotopic (exact) mass is 401 g/mol. The van der Waals surface area contributed by atoms with Crippen molar-refractivity contribution < 1.29 is 13.9 Å². The molecule has 2 aromatic carbocycles. The number of hydrogen-bond acceptors (Lipinski definition) is 6. The molecule has 0 bridgehead atoms. The van der Waals surface area contributed by atoms with Crippen LogP contribution in [0.4, 0.5) is 0 Å². The van der Waals surface area contributed by atoms with Crippen LogP contribution in [-0.2, 0) is 4.79 Å². The van der Waals surface area contributed by atoms with Crippen LogP contribution in [0.3, 0.4) is 0 Å². The maximum atomic E-state index is 13.0. The summed E-state index contributed by atoms with van der Waals surface area (Å²) in [4.78, 5) is 13.0. The van der Waals surface area contributed by atoms with Crippen molar-refractivity contribution in [3.63, 3.8) is 0 Å². The highest BCUT2D eigenvalue weighted by Crippen LogP contribution is 2.20. The predicted molar refractivity (Wildman–Crippen MR) is 111 cm³/mol. The van der Waals surface area contributed by atoms with Gasteiger partial charge in [0.25, 0.3) is 5.91 Å². The highest BCUT2D eigenvalue weighted by Gasteiger charge is 2.19. The van der Waals surface area contributed by atoms with E-state index in [4.69, 9.17) is 9.15 Å². The second-order valence-electron chi connectivity index (χ2n) is 6.24. The van der Waals surface area contributed by atoms with Gasteiger partial charge >= 0.3 is 0 Å². The molecule has 0 aliphatic carbocycles. The summed E-state index contributed by atoms with van der Waals surface area (Å²) >= 11 is 0. The van der Waals surface area contributed by atoms with Crippen molar-refractivity contribution in [3.8, 4) is 17.1 Å². The Balaban J connectivity index is 1.53. The molecule has 30 heavy (non-hydrogen) atoms. The Bertz CT molecular complexity index is 1110. The third-order valence-electron chi connectivity index (χ3n) is 4.18. The van der Waals surface area contributed by atoms with Crippen molar-refractivity contribution in [1.82, 2.24) is 25.5 Å². The molecule has 0 radical (unpaired) electrons. The van der Waals surface area contributed by atoms with Gasteiger partial charge in [-0.25, -0.2) is 0 Å². The van der Waals surface area contributed by atoms with Crippen LogP contribution < -0.4 is 10.1 Å². The van der Waals surface area contributed by atoms with Crippen LogP contribution in [-0.4, -0.2) is 39.3 Å². The fraction of sp³-hybridized carbons (Fsp3) is 0.0909. The summed E-state index contributed by atoms with van der Waals surface area (Å²) in [6, 6.07) is 22.3. The molecule has 1 amide bonds. The van der Waals surface area contributed by atoms with Crippen molar-refractivity contribution >= 4 is 17.7 Å². The number of nitrogens with zero attached hydrogens (tertiary/aromatic N) is 4. The molecule has 8 heteroatoms. The summed E-state index contributed by atoms with van der Waals surface area (Å²) in [5.41, 5.74) is 1.02. The lowest BCUT2D eigenvalue weighted by Crippen LogP contribution is -2.31. The Labute approximate surface area is 172 Å². The first kappa shape index (κ1) is 19.1. The van der Waals surface area contributed by atoms with Gasteiger partial charge in [-0.1, -0.05) is 48.5 Å². The maximum absolute atomic E-state index is 13.0. The molecule has 0 saturated heterocycles. The zero-order chi connectivity index (χ0) is 20.6. The standard InChI is InChI=1S/C22H19N5O3/c28-22(23-13-15-30-18-10-5-2-6-11-18)20(16-19-12-7-14-29-19)27-21(24-25-26-27)17-8-3-1-4-9-17/h1-12,14,16H,13,15H2,(H,23,28)/b20-16-. The largest absolute Gasteiger partial charge is 0.492 e. The van der Waals surface area contributed by atoms with Crippen LogP contribution in [0.1, 0.15) is 5.76 Å². The first-order chi connectivity index (χ1) is 14.8. The number of hydrogen-bond donors (Lipinski definition) is 1. The van der Waals surface area contributed by atoms with E-state index >= 15 is 0 Å². The SMILES string of the molecule is O=C(NCCOc1ccccc1)/C(=C/c1ccco1)n1nnnc1-c1ccccc1. The van der Waals surface area contributed by atoms with Crippen LogP contribution in [0.25, 0.3) is 23.2 Å². The van der Waals surface area contributed by atoms with Crippen LogP contribution in [0.2, 0.25) is 0 Å². The predicted octanol–water partition coefficient (Wildman–Crippen LogP) is 3.13. The van der Waals surface area contributed by atoms with E-state index in [0.29, 0.717) is 24.7 Å². The lowest BCUT2D eigenvalue weighted by Gasteiger charge is -2.11. The zero-order valence-electron chi connectivity index (χ0n) is 16.0. The molecule has 0 atom stereocenters. The molecule has 0 spiro atoms. The maximum Gasteiger partial charge on any atom is 0.270 e. The third kappa shape index (κ3) is 4.61. The van der Waals surface area contributed by atoms with E-state index in [1.54, 1.807) is 18.2 Å². The Hall–Kier alpha value is -4.20. The van der Waals surface area contributed by atoms with E-state index in [-0.39, 0.29) is 11.6 Å². The molecule has 0 fully saturated rings. The summed E-state index contributed by atoms with van der Waals surface area (Å²) in [5, 5.41) is 14.7. The third-order valence-corrected chi connectivity index (χ3v) is 4.18. The molecule has 150 valence electrons. The zero-order valence-corrected chi connectivity index (χ0v) is 16.0. The van der Waals surface area contributed by atoms with Crippen LogP contribution in [0.5, 0.6) is 5.75 Å². The molecule has 8 nitrogen and oxygen atoms in total. The van der Waals surface area contributed by atoms with E-state index in [1.165, 1.54) is 10.9 Å². The Morgan fingerprint density at radius 1 is 1.03 bits per heavy atom. The minimum Gasteiger partial charge on any atom is -0.492 e. The smallest absolute Gasteiger partial charge is 0.270 e. The molecule has 1 N–H and O–H groups in total. The minimum absolute atomic E-state index is 0.230. The summed E-state index contributed by atoms with van der Waals surface area (Å²) < 4.78 is 12.4. The molecular formula is C22H19N5O3. The molecule has 0 saturated carbocycles. The number of benzene rings is 2. The number of rotatable bonds is 8. The molecule has 2 aromatic heterocycles. The van der Waals surface area contributed by atoms with Crippen molar-refractivity contribution in [2.45, 2.75) is 0 Å². The summed E-state index contributed by atoms with van der Waals surface area (Å²) in [7, 11) is 0. The average Bonchev–Trinajstić information content (AvgIpc) is 3.48. The number of aromatic nitrogens is 4. The first-order valence-corrected chi connectivity index (χ1v) is 9.37. The number of carbonyl (C=O) groups is 1. The summed E-state index contributed by atoms with van der Waals surface area (Å²) in [6.45, 7) is 0.636. The van der Waals surface area contributed by atoms with Crippen LogP contribution in [0.15, 0.2) is 83.5 Å². The summed E-state index contributed by atoms with van der Waals surface area (Å²) in [5.74, 6) is 1.34. The number of tetrazole rings is 1.